The van der Waals surface area contributed by atoms with Gasteiger partial charge in [-0.25, -0.2) is 4.98 Å². The first-order valence-corrected chi connectivity index (χ1v) is 10.2. The summed E-state index contributed by atoms with van der Waals surface area (Å²) in [6, 6.07) is 7.95. The summed E-state index contributed by atoms with van der Waals surface area (Å²) in [5.74, 6) is 0.975. The maximum absolute atomic E-state index is 13.1. The molecule has 1 aromatic carbocycles. The van der Waals surface area contributed by atoms with Crippen LogP contribution in [-0.2, 0) is 11.3 Å². The van der Waals surface area contributed by atoms with Crippen molar-refractivity contribution in [1.82, 2.24) is 14.5 Å². The second-order valence-corrected chi connectivity index (χ2v) is 7.86. The fourth-order valence-corrected chi connectivity index (χ4v) is 4.74. The van der Waals surface area contributed by atoms with Gasteiger partial charge in [-0.3, -0.25) is 9.36 Å². The van der Waals surface area contributed by atoms with E-state index in [0.717, 1.165) is 33.9 Å². The first-order valence-electron chi connectivity index (χ1n) is 9.24. The molecular formula is C19H25N4O2S+. The topological polar surface area (TPSA) is 64.3 Å². The van der Waals surface area contributed by atoms with Gasteiger partial charge in [0, 0.05) is 30.9 Å². The molecule has 1 aliphatic rings. The number of H-pyrrole nitrogens is 1. The highest BCUT2D eigenvalue weighted by Crippen LogP contribution is 2.24. The third kappa shape index (κ3) is 3.39. The lowest BCUT2D eigenvalue weighted by Gasteiger charge is -2.14. The minimum Gasteiger partial charge on any atom is -0.383 e. The molecule has 0 unspecified atom stereocenters. The second kappa shape index (κ2) is 7.82. The summed E-state index contributed by atoms with van der Waals surface area (Å²) in [4.78, 5) is 22.8. The number of ether oxygens (including phenoxy) is 1. The Morgan fingerprint density at radius 2 is 2.12 bits per heavy atom. The van der Waals surface area contributed by atoms with Crippen molar-refractivity contribution < 1.29 is 9.64 Å². The van der Waals surface area contributed by atoms with Crippen LogP contribution in [0.4, 0.5) is 0 Å². The number of nitrogens with one attached hydrogen (secondary N) is 2. The summed E-state index contributed by atoms with van der Waals surface area (Å²) in [6.45, 7) is 4.68. The Labute approximate surface area is 156 Å². The van der Waals surface area contributed by atoms with Crippen LogP contribution in [0.5, 0.6) is 0 Å². The SMILES string of the molecule is COCCn1c(SCC[NH+]2CCCC2)nc2c([nH]c3ccccc32)c1=O. The second-order valence-electron chi connectivity index (χ2n) is 6.79. The van der Waals surface area contributed by atoms with Crippen LogP contribution in [0.1, 0.15) is 12.8 Å². The van der Waals surface area contributed by atoms with Crippen molar-refractivity contribution in [3.05, 3.63) is 34.6 Å². The predicted octanol–water partition coefficient (Wildman–Crippen LogP) is 1.29. The van der Waals surface area contributed by atoms with Crippen molar-refractivity contribution in [3.8, 4) is 0 Å². The van der Waals surface area contributed by atoms with Crippen LogP contribution in [0.25, 0.3) is 21.9 Å². The Morgan fingerprint density at radius 3 is 2.92 bits per heavy atom. The first kappa shape index (κ1) is 17.6. The molecule has 6 nitrogen and oxygen atoms in total. The number of rotatable bonds is 7. The molecule has 2 aromatic heterocycles. The number of quaternary nitrogens is 1. The molecule has 0 aliphatic carbocycles. The van der Waals surface area contributed by atoms with E-state index in [1.165, 1.54) is 25.9 Å². The number of hydrogen-bond donors (Lipinski definition) is 2. The Bertz CT molecular complexity index is 959. The van der Waals surface area contributed by atoms with Crippen LogP contribution in [0.3, 0.4) is 0 Å². The number of aromatic nitrogens is 3. The molecule has 0 atom stereocenters. The van der Waals surface area contributed by atoms with E-state index in [9.17, 15) is 4.79 Å². The van der Waals surface area contributed by atoms with Crippen molar-refractivity contribution in [2.24, 2.45) is 0 Å². The molecule has 138 valence electrons. The number of likely N-dealkylation sites (tertiary alicyclic amines) is 1. The van der Waals surface area contributed by atoms with E-state index >= 15 is 0 Å². The lowest BCUT2D eigenvalue weighted by atomic mass is 10.2. The van der Waals surface area contributed by atoms with Crippen LogP contribution in [0.15, 0.2) is 34.2 Å². The summed E-state index contributed by atoms with van der Waals surface area (Å²) >= 11 is 1.69. The Morgan fingerprint density at radius 1 is 1.31 bits per heavy atom. The molecule has 1 fully saturated rings. The largest absolute Gasteiger partial charge is 0.383 e. The molecule has 4 rings (SSSR count). The zero-order chi connectivity index (χ0) is 17.9. The van der Waals surface area contributed by atoms with Gasteiger partial charge in [-0.15, -0.1) is 0 Å². The van der Waals surface area contributed by atoms with Crippen molar-refractivity contribution in [1.29, 1.82) is 0 Å². The summed E-state index contributed by atoms with van der Waals surface area (Å²) < 4.78 is 6.96. The van der Waals surface area contributed by atoms with Gasteiger partial charge in [0.25, 0.3) is 5.56 Å². The summed E-state index contributed by atoms with van der Waals surface area (Å²) in [6.07, 6.45) is 2.66. The Kier molecular flexibility index (Phi) is 5.28. The maximum Gasteiger partial charge on any atom is 0.278 e. The van der Waals surface area contributed by atoms with Crippen LogP contribution in [-0.4, -0.2) is 53.6 Å². The van der Waals surface area contributed by atoms with Crippen molar-refractivity contribution >= 4 is 33.7 Å². The number of thioether (sulfide) groups is 1. The van der Waals surface area contributed by atoms with Gasteiger partial charge in [-0.05, 0) is 6.07 Å². The average molecular weight is 374 g/mol. The molecule has 7 heteroatoms. The number of methoxy groups -OCH3 is 1. The van der Waals surface area contributed by atoms with Crippen LogP contribution >= 0.6 is 11.8 Å². The zero-order valence-electron chi connectivity index (χ0n) is 15.1. The van der Waals surface area contributed by atoms with Gasteiger partial charge < -0.3 is 14.6 Å². The van der Waals surface area contributed by atoms with E-state index in [1.54, 1.807) is 28.3 Å². The number of benzene rings is 1. The summed E-state index contributed by atoms with van der Waals surface area (Å²) in [5.41, 5.74) is 2.29. The van der Waals surface area contributed by atoms with Gasteiger partial charge in [0.05, 0.1) is 38.5 Å². The van der Waals surface area contributed by atoms with Gasteiger partial charge in [-0.2, -0.15) is 0 Å². The van der Waals surface area contributed by atoms with E-state index in [1.807, 2.05) is 24.3 Å². The first-order chi connectivity index (χ1) is 12.8. The van der Waals surface area contributed by atoms with Crippen molar-refractivity contribution in [2.45, 2.75) is 24.5 Å². The molecule has 0 bridgehead atoms. The molecule has 1 saturated heterocycles. The molecule has 0 spiro atoms. The molecule has 1 aliphatic heterocycles. The number of aromatic amines is 1. The molecule has 3 heterocycles. The van der Waals surface area contributed by atoms with Crippen LogP contribution < -0.4 is 10.5 Å². The van der Waals surface area contributed by atoms with E-state index in [4.69, 9.17) is 9.72 Å². The minimum atomic E-state index is -0.0146. The van der Waals surface area contributed by atoms with E-state index in [2.05, 4.69) is 4.98 Å². The normalized spacial score (nSPS) is 15.4. The number of nitrogens with zero attached hydrogens (tertiary/aromatic N) is 2. The van der Waals surface area contributed by atoms with E-state index in [0.29, 0.717) is 18.7 Å². The molecule has 0 saturated carbocycles. The maximum atomic E-state index is 13.1. The van der Waals surface area contributed by atoms with Crippen LogP contribution in [0.2, 0.25) is 0 Å². The van der Waals surface area contributed by atoms with Crippen molar-refractivity contribution in [2.75, 3.05) is 39.1 Å². The quantitative estimate of drug-likeness (QED) is 0.484. The Balaban J connectivity index is 1.70. The fourth-order valence-electron chi connectivity index (χ4n) is 3.68. The monoisotopic (exact) mass is 373 g/mol. The van der Waals surface area contributed by atoms with E-state index in [-0.39, 0.29) is 5.56 Å². The molecular weight excluding hydrogens is 348 g/mol. The fraction of sp³-hybridized carbons (Fsp3) is 0.474. The number of hydrogen-bond acceptors (Lipinski definition) is 4. The highest BCUT2D eigenvalue weighted by molar-refractivity contribution is 7.99. The third-order valence-electron chi connectivity index (χ3n) is 5.09. The molecule has 26 heavy (non-hydrogen) atoms. The molecule has 0 amide bonds. The molecule has 2 N–H and O–H groups in total. The average Bonchev–Trinajstić information content (AvgIpc) is 3.29. The van der Waals surface area contributed by atoms with Gasteiger partial charge in [0.15, 0.2) is 5.16 Å². The Hall–Kier alpha value is -1.83. The standard InChI is InChI=1S/C19H24N4O2S/c1-25-12-10-23-18(24)17-16(14-6-2-3-7-15(14)20-17)21-19(23)26-13-11-22-8-4-5-9-22/h2-3,6-7,20H,4-5,8-13H2,1H3/p+1. The lowest BCUT2D eigenvalue weighted by molar-refractivity contribution is -0.884. The third-order valence-corrected chi connectivity index (χ3v) is 6.07. The zero-order valence-corrected chi connectivity index (χ0v) is 15.9. The highest BCUT2D eigenvalue weighted by Gasteiger charge is 2.18. The predicted molar refractivity (Wildman–Crippen MR) is 105 cm³/mol. The van der Waals surface area contributed by atoms with Gasteiger partial charge in [-0.1, -0.05) is 30.0 Å². The summed E-state index contributed by atoms with van der Waals surface area (Å²) in [5, 5.41) is 1.80. The number of para-hydroxylation sites is 1. The van der Waals surface area contributed by atoms with Crippen LogP contribution in [0, 0.1) is 0 Å². The van der Waals surface area contributed by atoms with Gasteiger partial charge in [0.2, 0.25) is 0 Å². The van der Waals surface area contributed by atoms with Gasteiger partial charge >= 0.3 is 0 Å². The lowest BCUT2D eigenvalue weighted by Crippen LogP contribution is -3.10. The van der Waals surface area contributed by atoms with Gasteiger partial charge in [0.1, 0.15) is 11.0 Å². The molecule has 0 radical (unpaired) electrons. The minimum absolute atomic E-state index is 0.0146. The highest BCUT2D eigenvalue weighted by atomic mass is 32.2. The smallest absolute Gasteiger partial charge is 0.278 e. The van der Waals surface area contributed by atoms with Crippen molar-refractivity contribution in [3.63, 3.8) is 0 Å². The van der Waals surface area contributed by atoms with E-state index < -0.39 is 0 Å². The number of fused-ring (bicyclic) bond motifs is 3. The molecule has 3 aromatic rings. The summed E-state index contributed by atoms with van der Waals surface area (Å²) in [7, 11) is 1.66.